The van der Waals surface area contributed by atoms with Crippen molar-refractivity contribution in [1.29, 1.82) is 0 Å². The monoisotopic (exact) mass is 432 g/mol. The van der Waals surface area contributed by atoms with Crippen LogP contribution in [0.2, 0.25) is 0 Å². The molecule has 0 amide bonds. The van der Waals surface area contributed by atoms with E-state index in [1.165, 1.54) is 18.6 Å². The van der Waals surface area contributed by atoms with Gasteiger partial charge in [0.1, 0.15) is 5.82 Å². The van der Waals surface area contributed by atoms with Crippen molar-refractivity contribution >= 4 is 35.6 Å². The van der Waals surface area contributed by atoms with Crippen LogP contribution in [0.25, 0.3) is 0 Å². The van der Waals surface area contributed by atoms with E-state index in [1.54, 1.807) is 0 Å². The van der Waals surface area contributed by atoms with E-state index in [4.69, 9.17) is 0 Å². The second kappa shape index (κ2) is 8.17. The van der Waals surface area contributed by atoms with E-state index >= 15 is 0 Å². The standard InChI is InChI=1S/C17H25FN4.HI/c1-3-19-17(20-16-12-13(16)2)22-10-8-21(9-11-22)15-6-4-14(18)5-7-15;/h4-7,13,16H,3,8-12H2,1-2H3,(H,19,20);1H. The molecular formula is C17H26FIN4. The Morgan fingerprint density at radius 2 is 1.83 bits per heavy atom. The van der Waals surface area contributed by atoms with Gasteiger partial charge in [-0.2, -0.15) is 0 Å². The van der Waals surface area contributed by atoms with Crippen molar-refractivity contribution < 1.29 is 4.39 Å². The van der Waals surface area contributed by atoms with Crippen LogP contribution in [0.4, 0.5) is 10.1 Å². The number of nitrogens with zero attached hydrogens (tertiary/aromatic N) is 3. The lowest BCUT2D eigenvalue weighted by atomic mass is 10.2. The van der Waals surface area contributed by atoms with Gasteiger partial charge in [-0.15, -0.1) is 24.0 Å². The molecule has 3 rings (SSSR count). The number of aliphatic imine (C=N–C) groups is 1. The molecule has 0 aromatic heterocycles. The quantitative estimate of drug-likeness (QED) is 0.453. The summed E-state index contributed by atoms with van der Waals surface area (Å²) in [5.41, 5.74) is 1.10. The summed E-state index contributed by atoms with van der Waals surface area (Å²) in [4.78, 5) is 9.28. The van der Waals surface area contributed by atoms with E-state index in [1.807, 2.05) is 12.1 Å². The molecule has 1 aliphatic carbocycles. The van der Waals surface area contributed by atoms with E-state index in [9.17, 15) is 4.39 Å². The molecule has 1 heterocycles. The molecule has 1 aromatic rings. The van der Waals surface area contributed by atoms with Crippen LogP contribution in [0, 0.1) is 11.7 Å². The Hall–Kier alpha value is -1.05. The first-order valence-corrected chi connectivity index (χ1v) is 8.24. The van der Waals surface area contributed by atoms with Crippen LogP contribution in [-0.4, -0.2) is 49.6 Å². The maximum absolute atomic E-state index is 13.0. The molecule has 2 fully saturated rings. The highest BCUT2D eigenvalue weighted by atomic mass is 127. The first kappa shape index (κ1) is 18.3. The van der Waals surface area contributed by atoms with Gasteiger partial charge in [0.2, 0.25) is 0 Å². The molecule has 23 heavy (non-hydrogen) atoms. The van der Waals surface area contributed by atoms with Crippen molar-refractivity contribution in [3.05, 3.63) is 30.1 Å². The minimum Gasteiger partial charge on any atom is -0.368 e. The molecule has 1 aliphatic heterocycles. The summed E-state index contributed by atoms with van der Waals surface area (Å²) in [5, 5.41) is 3.58. The number of guanidine groups is 1. The van der Waals surface area contributed by atoms with Crippen LogP contribution in [0.5, 0.6) is 0 Å². The molecule has 2 atom stereocenters. The van der Waals surface area contributed by atoms with Crippen LogP contribution in [0.15, 0.2) is 29.3 Å². The number of benzene rings is 1. The zero-order chi connectivity index (χ0) is 15.5. The summed E-state index contributed by atoms with van der Waals surface area (Å²) in [5.74, 6) is 1.64. The Bertz CT molecular complexity index is 526. The van der Waals surface area contributed by atoms with E-state index in [0.717, 1.165) is 50.3 Å². The predicted molar refractivity (Wildman–Crippen MR) is 104 cm³/mol. The van der Waals surface area contributed by atoms with E-state index in [2.05, 4.69) is 34.0 Å². The second-order valence-corrected chi connectivity index (χ2v) is 6.21. The van der Waals surface area contributed by atoms with Gasteiger partial charge in [-0.25, -0.2) is 4.39 Å². The smallest absolute Gasteiger partial charge is 0.194 e. The van der Waals surface area contributed by atoms with Gasteiger partial charge in [0.05, 0.1) is 0 Å². The third kappa shape index (κ3) is 4.71. The number of hydrogen-bond acceptors (Lipinski definition) is 2. The fraction of sp³-hybridized carbons (Fsp3) is 0.588. The SMILES string of the molecule is CCN=C(NC1CC1C)N1CCN(c2ccc(F)cc2)CC1.I. The molecular weight excluding hydrogens is 406 g/mol. The van der Waals surface area contributed by atoms with Crippen LogP contribution < -0.4 is 10.2 Å². The normalized spacial score (nSPS) is 24.2. The molecule has 0 spiro atoms. The number of piperazine rings is 1. The largest absolute Gasteiger partial charge is 0.368 e. The van der Waals surface area contributed by atoms with Gasteiger partial charge in [0.25, 0.3) is 0 Å². The van der Waals surface area contributed by atoms with E-state index in [0.29, 0.717) is 6.04 Å². The van der Waals surface area contributed by atoms with Crippen molar-refractivity contribution in [3.8, 4) is 0 Å². The van der Waals surface area contributed by atoms with Crippen molar-refractivity contribution in [2.45, 2.75) is 26.3 Å². The fourth-order valence-corrected chi connectivity index (χ4v) is 2.90. The predicted octanol–water partition coefficient (Wildman–Crippen LogP) is 2.94. The van der Waals surface area contributed by atoms with Crippen LogP contribution >= 0.6 is 24.0 Å². The summed E-state index contributed by atoms with van der Waals surface area (Å²) in [6.45, 7) is 8.93. The number of hydrogen-bond donors (Lipinski definition) is 1. The van der Waals surface area contributed by atoms with Gasteiger partial charge in [-0.1, -0.05) is 6.92 Å². The topological polar surface area (TPSA) is 30.9 Å². The van der Waals surface area contributed by atoms with E-state index < -0.39 is 0 Å². The van der Waals surface area contributed by atoms with Crippen LogP contribution in [0.1, 0.15) is 20.3 Å². The van der Waals surface area contributed by atoms with Gasteiger partial charge in [0, 0.05) is 44.5 Å². The Morgan fingerprint density at radius 1 is 1.22 bits per heavy atom. The Kier molecular flexibility index (Phi) is 6.50. The maximum atomic E-state index is 13.0. The minimum atomic E-state index is -0.178. The molecule has 0 radical (unpaired) electrons. The number of rotatable bonds is 3. The third-order valence-corrected chi connectivity index (χ3v) is 4.50. The third-order valence-electron chi connectivity index (χ3n) is 4.50. The summed E-state index contributed by atoms with van der Waals surface area (Å²) in [7, 11) is 0. The van der Waals surface area contributed by atoms with Crippen molar-refractivity contribution in [2.75, 3.05) is 37.6 Å². The molecule has 1 N–H and O–H groups in total. The number of nitrogens with one attached hydrogen (secondary N) is 1. The van der Waals surface area contributed by atoms with E-state index in [-0.39, 0.29) is 29.8 Å². The first-order chi connectivity index (χ1) is 10.7. The fourth-order valence-electron chi connectivity index (χ4n) is 2.90. The lowest BCUT2D eigenvalue weighted by Crippen LogP contribution is -2.53. The summed E-state index contributed by atoms with van der Waals surface area (Å²) < 4.78 is 13.0. The van der Waals surface area contributed by atoms with Crippen molar-refractivity contribution in [1.82, 2.24) is 10.2 Å². The molecule has 2 aliphatic rings. The average Bonchev–Trinajstić information content (AvgIpc) is 3.23. The zero-order valence-corrected chi connectivity index (χ0v) is 16.2. The lowest BCUT2D eigenvalue weighted by Gasteiger charge is -2.37. The van der Waals surface area contributed by atoms with Crippen LogP contribution in [0.3, 0.4) is 0 Å². The summed E-state index contributed by atoms with van der Waals surface area (Å²) in [6.07, 6.45) is 1.25. The van der Waals surface area contributed by atoms with Crippen molar-refractivity contribution in [3.63, 3.8) is 0 Å². The molecule has 6 heteroatoms. The highest BCUT2D eigenvalue weighted by molar-refractivity contribution is 14.0. The molecule has 128 valence electrons. The zero-order valence-electron chi connectivity index (χ0n) is 13.8. The number of halogens is 2. The molecule has 2 unspecified atom stereocenters. The highest BCUT2D eigenvalue weighted by Crippen LogP contribution is 2.29. The summed E-state index contributed by atoms with van der Waals surface area (Å²) in [6, 6.07) is 7.37. The lowest BCUT2D eigenvalue weighted by molar-refractivity contribution is 0.371. The second-order valence-electron chi connectivity index (χ2n) is 6.21. The molecule has 4 nitrogen and oxygen atoms in total. The molecule has 0 bridgehead atoms. The maximum Gasteiger partial charge on any atom is 0.194 e. The van der Waals surface area contributed by atoms with Crippen LogP contribution in [-0.2, 0) is 0 Å². The highest BCUT2D eigenvalue weighted by Gasteiger charge is 2.34. The molecule has 1 saturated heterocycles. The minimum absolute atomic E-state index is 0. The molecule has 1 aromatic carbocycles. The number of anilines is 1. The van der Waals surface area contributed by atoms with Gasteiger partial charge in [0.15, 0.2) is 5.96 Å². The van der Waals surface area contributed by atoms with Gasteiger partial charge in [-0.3, -0.25) is 4.99 Å². The Balaban J connectivity index is 0.00000192. The Morgan fingerprint density at radius 3 is 2.35 bits per heavy atom. The van der Waals surface area contributed by atoms with Gasteiger partial charge < -0.3 is 15.1 Å². The van der Waals surface area contributed by atoms with Gasteiger partial charge >= 0.3 is 0 Å². The summed E-state index contributed by atoms with van der Waals surface area (Å²) >= 11 is 0. The Labute approximate surface area is 155 Å². The molecule has 1 saturated carbocycles. The van der Waals surface area contributed by atoms with Gasteiger partial charge in [-0.05, 0) is 43.5 Å². The van der Waals surface area contributed by atoms with Crippen molar-refractivity contribution in [2.24, 2.45) is 10.9 Å². The average molecular weight is 432 g/mol. The first-order valence-electron chi connectivity index (χ1n) is 8.24.